The summed E-state index contributed by atoms with van der Waals surface area (Å²) in [7, 11) is 0. The summed E-state index contributed by atoms with van der Waals surface area (Å²) in [4.78, 5) is 17.0. The van der Waals surface area contributed by atoms with E-state index in [-0.39, 0.29) is 11.6 Å². The van der Waals surface area contributed by atoms with E-state index in [9.17, 15) is 18.0 Å². The van der Waals surface area contributed by atoms with Gasteiger partial charge in [0.2, 0.25) is 5.78 Å². The number of Topliss-reactive ketones (excluding diaryl/α,β-unsaturated/α-hetero) is 1. The van der Waals surface area contributed by atoms with Gasteiger partial charge in [0.05, 0.1) is 16.9 Å². The molecule has 0 amide bonds. The number of benzene rings is 2. The first-order valence-electron chi connectivity index (χ1n) is 8.15. The van der Waals surface area contributed by atoms with E-state index in [2.05, 4.69) is 15.8 Å². The third-order valence-electron chi connectivity index (χ3n) is 3.52. The predicted octanol–water partition coefficient (Wildman–Crippen LogP) is 6.27. The fourth-order valence-electron chi connectivity index (χ4n) is 2.10. The number of hydrogen-bond acceptors (Lipinski definition) is 3. The third-order valence-corrected chi connectivity index (χ3v) is 3.96. The lowest BCUT2D eigenvalue weighted by Crippen LogP contribution is -2.41. The lowest BCUT2D eigenvalue weighted by molar-refractivity contribution is -0.137. The molecule has 0 heterocycles. The number of hydrazine groups is 1. The molecule has 2 rings (SSSR count). The molecule has 0 aliphatic carbocycles. The molecule has 2 aromatic carbocycles. The second-order valence-corrected chi connectivity index (χ2v) is 7.87. The van der Waals surface area contributed by atoms with Crippen LogP contribution in [0.5, 0.6) is 0 Å². The van der Waals surface area contributed by atoms with E-state index in [4.69, 9.17) is 23.2 Å². The minimum Gasteiger partial charge on any atom is -0.300 e. The van der Waals surface area contributed by atoms with Crippen LogP contribution >= 0.6 is 23.2 Å². The first-order chi connectivity index (χ1) is 12.9. The van der Waals surface area contributed by atoms with Gasteiger partial charge >= 0.3 is 6.18 Å². The molecule has 0 radical (unpaired) electrons. The zero-order valence-electron chi connectivity index (χ0n) is 15.3. The molecule has 4 nitrogen and oxygen atoms in total. The molecule has 0 saturated carbocycles. The molecule has 150 valence electrons. The summed E-state index contributed by atoms with van der Waals surface area (Å²) in [6, 6.07) is 8.94. The van der Waals surface area contributed by atoms with Crippen LogP contribution in [0.25, 0.3) is 0 Å². The summed E-state index contributed by atoms with van der Waals surface area (Å²) < 4.78 is 38.0. The molecule has 0 atom stereocenters. The highest BCUT2D eigenvalue weighted by atomic mass is 35.5. The Kier molecular flexibility index (Phi) is 6.62. The molecule has 0 spiro atoms. The van der Waals surface area contributed by atoms with Crippen molar-refractivity contribution in [3.8, 4) is 0 Å². The number of rotatable bonds is 4. The Morgan fingerprint density at radius 3 is 1.96 bits per heavy atom. The molecule has 0 unspecified atom stereocenters. The summed E-state index contributed by atoms with van der Waals surface area (Å²) in [5, 5.41) is 0.703. The molecule has 0 saturated heterocycles. The number of ketones is 1. The second kappa shape index (κ2) is 8.41. The highest BCUT2D eigenvalue weighted by molar-refractivity contribution is 6.41. The summed E-state index contributed by atoms with van der Waals surface area (Å²) in [6.45, 7) is 5.15. The van der Waals surface area contributed by atoms with Crippen LogP contribution in [-0.2, 0) is 11.0 Å². The fourth-order valence-corrected chi connectivity index (χ4v) is 2.61. The maximum absolute atomic E-state index is 12.7. The molecule has 0 fully saturated rings. The predicted molar refractivity (Wildman–Crippen MR) is 106 cm³/mol. The number of nitrogens with one attached hydrogen (secondary N) is 2. The van der Waals surface area contributed by atoms with Crippen molar-refractivity contribution in [3.63, 3.8) is 0 Å². The van der Waals surface area contributed by atoms with Gasteiger partial charge in [0, 0.05) is 15.5 Å². The van der Waals surface area contributed by atoms with Crippen molar-refractivity contribution in [2.75, 3.05) is 5.43 Å². The Morgan fingerprint density at radius 2 is 1.50 bits per heavy atom. The number of nitrogens with zero attached hydrogens (tertiary/aromatic N) is 1. The number of alkyl halides is 3. The van der Waals surface area contributed by atoms with Gasteiger partial charge in [0.15, 0.2) is 5.84 Å². The number of carbonyl (C=O) groups excluding carboxylic acids is 1. The number of aliphatic imine (C=N–C) groups is 1. The number of carbonyl (C=O) groups is 1. The average molecular weight is 432 g/mol. The SMILES string of the molecule is CC(C)(C)C(=O)C(=Nc1cc(Cl)cc(Cl)c1)NNc1ccc(C(F)(F)F)cc1. The summed E-state index contributed by atoms with van der Waals surface area (Å²) >= 11 is 11.9. The van der Waals surface area contributed by atoms with E-state index >= 15 is 0 Å². The maximum Gasteiger partial charge on any atom is 0.416 e. The monoisotopic (exact) mass is 431 g/mol. The summed E-state index contributed by atoms with van der Waals surface area (Å²) in [5.41, 5.74) is 4.52. The van der Waals surface area contributed by atoms with Gasteiger partial charge in [-0.1, -0.05) is 44.0 Å². The van der Waals surface area contributed by atoms with Gasteiger partial charge in [-0.05, 0) is 42.5 Å². The largest absolute Gasteiger partial charge is 0.416 e. The van der Waals surface area contributed by atoms with E-state index in [0.717, 1.165) is 12.1 Å². The molecular formula is C19H18Cl2F3N3O. The molecular weight excluding hydrogens is 414 g/mol. The van der Waals surface area contributed by atoms with Crippen molar-refractivity contribution >= 4 is 46.2 Å². The van der Waals surface area contributed by atoms with Gasteiger partial charge in [-0.2, -0.15) is 13.2 Å². The highest BCUT2D eigenvalue weighted by Crippen LogP contribution is 2.30. The zero-order chi connectivity index (χ0) is 21.1. The van der Waals surface area contributed by atoms with E-state index in [1.807, 2.05) is 0 Å². The van der Waals surface area contributed by atoms with Gasteiger partial charge in [-0.15, -0.1) is 0 Å². The molecule has 28 heavy (non-hydrogen) atoms. The first kappa shape index (κ1) is 22.0. The molecule has 2 aromatic rings. The van der Waals surface area contributed by atoms with Crippen molar-refractivity contribution in [3.05, 3.63) is 58.1 Å². The second-order valence-electron chi connectivity index (χ2n) is 6.99. The average Bonchev–Trinajstić information content (AvgIpc) is 2.56. The standard InChI is InChI=1S/C19H18Cl2F3N3O/c1-18(2,3)16(28)17(25-15-9-12(20)8-13(21)10-15)27-26-14-6-4-11(5-7-14)19(22,23)24/h4-10,26H,1-3H3,(H,25,27). The van der Waals surface area contributed by atoms with Gasteiger partial charge in [0.1, 0.15) is 0 Å². The van der Waals surface area contributed by atoms with Crippen LogP contribution in [0.15, 0.2) is 47.5 Å². The summed E-state index contributed by atoms with van der Waals surface area (Å²) in [5.74, 6) is -0.353. The minimum atomic E-state index is -4.42. The number of hydrogen-bond donors (Lipinski definition) is 2. The Bertz CT molecular complexity index is 869. The van der Waals surface area contributed by atoms with E-state index in [1.165, 1.54) is 30.3 Å². The lowest BCUT2D eigenvalue weighted by atomic mass is 9.90. The van der Waals surface area contributed by atoms with Crippen molar-refractivity contribution in [2.45, 2.75) is 26.9 Å². The normalized spacial score (nSPS) is 12.6. The maximum atomic E-state index is 12.7. The quantitative estimate of drug-likeness (QED) is 0.340. The lowest BCUT2D eigenvalue weighted by Gasteiger charge is -2.20. The fraction of sp³-hybridized carbons (Fsp3) is 0.263. The van der Waals surface area contributed by atoms with Crippen LogP contribution < -0.4 is 10.9 Å². The zero-order valence-corrected chi connectivity index (χ0v) is 16.8. The molecule has 0 aliphatic heterocycles. The number of anilines is 1. The smallest absolute Gasteiger partial charge is 0.300 e. The first-order valence-corrected chi connectivity index (χ1v) is 8.91. The van der Waals surface area contributed by atoms with E-state index < -0.39 is 17.2 Å². The molecule has 9 heteroatoms. The minimum absolute atomic E-state index is 0.0364. The highest BCUT2D eigenvalue weighted by Gasteiger charge is 2.30. The molecule has 2 N–H and O–H groups in total. The van der Waals surface area contributed by atoms with Crippen LogP contribution in [-0.4, -0.2) is 11.6 Å². The van der Waals surface area contributed by atoms with Crippen LogP contribution in [0.3, 0.4) is 0 Å². The molecule has 0 aromatic heterocycles. The van der Waals surface area contributed by atoms with Gasteiger partial charge < -0.3 is 0 Å². The third kappa shape index (κ3) is 6.14. The Balaban J connectivity index is 2.28. The molecule has 0 bridgehead atoms. The van der Waals surface area contributed by atoms with Crippen molar-refractivity contribution in [1.82, 2.24) is 5.43 Å². The number of halogens is 5. The van der Waals surface area contributed by atoms with Crippen LogP contribution in [0.4, 0.5) is 24.5 Å². The Hall–Kier alpha value is -2.25. The summed E-state index contributed by atoms with van der Waals surface area (Å²) in [6.07, 6.45) is -4.42. The van der Waals surface area contributed by atoms with Gasteiger partial charge in [0.25, 0.3) is 0 Å². The number of amidine groups is 1. The van der Waals surface area contributed by atoms with Crippen molar-refractivity contribution < 1.29 is 18.0 Å². The van der Waals surface area contributed by atoms with Gasteiger partial charge in [-0.25, -0.2) is 4.99 Å². The topological polar surface area (TPSA) is 53.5 Å². The van der Waals surface area contributed by atoms with Crippen LogP contribution in [0.2, 0.25) is 10.0 Å². The Morgan fingerprint density at radius 1 is 0.964 bits per heavy atom. The van der Waals surface area contributed by atoms with Crippen LogP contribution in [0, 0.1) is 5.41 Å². The molecule has 0 aliphatic rings. The van der Waals surface area contributed by atoms with Crippen molar-refractivity contribution in [1.29, 1.82) is 0 Å². The van der Waals surface area contributed by atoms with Gasteiger partial charge in [-0.3, -0.25) is 15.6 Å². The van der Waals surface area contributed by atoms with Crippen molar-refractivity contribution in [2.24, 2.45) is 10.4 Å². The van der Waals surface area contributed by atoms with Crippen LogP contribution in [0.1, 0.15) is 26.3 Å². The van der Waals surface area contributed by atoms with E-state index in [1.54, 1.807) is 20.8 Å². The van der Waals surface area contributed by atoms with E-state index in [0.29, 0.717) is 21.4 Å². The Labute approximate surface area is 170 Å².